The van der Waals surface area contributed by atoms with E-state index in [1.54, 1.807) is 18.9 Å². The normalized spacial score (nSPS) is 10.3. The molecule has 2 aromatic carbocycles. The molecule has 23 heavy (non-hydrogen) atoms. The van der Waals surface area contributed by atoms with Crippen LogP contribution in [0.2, 0.25) is 0 Å². The quantitative estimate of drug-likeness (QED) is 0.576. The molecule has 0 saturated heterocycles. The summed E-state index contributed by atoms with van der Waals surface area (Å²) >= 11 is 1.67. The molecule has 4 nitrogen and oxygen atoms in total. The fourth-order valence-corrected chi connectivity index (χ4v) is 2.90. The van der Waals surface area contributed by atoms with E-state index in [0.717, 1.165) is 28.5 Å². The van der Waals surface area contributed by atoms with Crippen molar-refractivity contribution in [3.63, 3.8) is 0 Å². The molecule has 0 spiro atoms. The van der Waals surface area contributed by atoms with Crippen molar-refractivity contribution in [3.05, 3.63) is 54.1 Å². The lowest BCUT2D eigenvalue weighted by Gasteiger charge is -2.06. The van der Waals surface area contributed by atoms with Gasteiger partial charge in [0.15, 0.2) is 0 Å². The first-order valence-corrected chi connectivity index (χ1v) is 8.54. The zero-order valence-corrected chi connectivity index (χ0v) is 14.1. The maximum absolute atomic E-state index is 11.8. The van der Waals surface area contributed by atoms with Crippen molar-refractivity contribution in [1.29, 1.82) is 0 Å². The summed E-state index contributed by atoms with van der Waals surface area (Å²) in [6.45, 7) is 0.649. The Morgan fingerprint density at radius 3 is 2.48 bits per heavy atom. The Kier molecular flexibility index (Phi) is 6.81. The van der Waals surface area contributed by atoms with Gasteiger partial charge in [-0.3, -0.25) is 4.79 Å². The van der Waals surface area contributed by atoms with Gasteiger partial charge in [0.05, 0.1) is 7.11 Å². The predicted molar refractivity (Wildman–Crippen MR) is 95.9 cm³/mol. The summed E-state index contributed by atoms with van der Waals surface area (Å²) in [5.41, 5.74) is 7.57. The summed E-state index contributed by atoms with van der Waals surface area (Å²) < 4.78 is 5.12. The van der Waals surface area contributed by atoms with Crippen molar-refractivity contribution in [1.82, 2.24) is 5.32 Å². The molecule has 3 N–H and O–H groups in total. The fourth-order valence-electron chi connectivity index (χ4n) is 2.05. The Morgan fingerprint density at radius 2 is 1.83 bits per heavy atom. The van der Waals surface area contributed by atoms with Gasteiger partial charge in [-0.25, -0.2) is 0 Å². The molecule has 0 fully saturated rings. The molecule has 1 amide bonds. The highest BCUT2D eigenvalue weighted by Crippen LogP contribution is 2.21. The molecule has 0 atom stereocenters. The Balaban J connectivity index is 1.62. The van der Waals surface area contributed by atoms with Gasteiger partial charge in [-0.1, -0.05) is 12.1 Å². The van der Waals surface area contributed by atoms with Gasteiger partial charge in [0.25, 0.3) is 0 Å². The average Bonchev–Trinajstić information content (AvgIpc) is 2.57. The van der Waals surface area contributed by atoms with Gasteiger partial charge in [-0.2, -0.15) is 0 Å². The number of benzene rings is 2. The Labute approximate surface area is 141 Å². The van der Waals surface area contributed by atoms with Crippen molar-refractivity contribution in [2.24, 2.45) is 0 Å². The van der Waals surface area contributed by atoms with E-state index >= 15 is 0 Å². The largest absolute Gasteiger partial charge is 0.497 e. The van der Waals surface area contributed by atoms with Gasteiger partial charge in [0, 0.05) is 29.3 Å². The summed E-state index contributed by atoms with van der Waals surface area (Å²) in [6.07, 6.45) is 1.33. The second kappa shape index (κ2) is 9.10. The van der Waals surface area contributed by atoms with Crippen LogP contribution in [0, 0.1) is 0 Å². The molecular formula is C18H22N2O2S. The summed E-state index contributed by atoms with van der Waals surface area (Å²) in [4.78, 5) is 13.0. The topological polar surface area (TPSA) is 64.3 Å². The van der Waals surface area contributed by atoms with E-state index in [4.69, 9.17) is 10.5 Å². The number of nitrogen functional groups attached to an aromatic ring is 1. The molecular weight excluding hydrogens is 308 g/mol. The number of nitrogens with two attached hydrogens (primary N) is 1. The van der Waals surface area contributed by atoms with Crippen LogP contribution in [0.3, 0.4) is 0 Å². The molecule has 2 aromatic rings. The number of methoxy groups -OCH3 is 1. The predicted octanol–water partition coefficient (Wildman–Crippen LogP) is 3.12. The molecule has 0 heterocycles. The lowest BCUT2D eigenvalue weighted by molar-refractivity contribution is -0.120. The van der Waals surface area contributed by atoms with Crippen LogP contribution in [0.1, 0.15) is 12.0 Å². The van der Waals surface area contributed by atoms with Crippen LogP contribution in [0.15, 0.2) is 53.4 Å². The molecule has 122 valence electrons. The van der Waals surface area contributed by atoms with Crippen LogP contribution in [0.4, 0.5) is 5.69 Å². The highest BCUT2D eigenvalue weighted by molar-refractivity contribution is 7.99. The fraction of sp³-hybridized carbons (Fsp3) is 0.278. The second-order valence-corrected chi connectivity index (χ2v) is 6.28. The van der Waals surface area contributed by atoms with Crippen LogP contribution in [0.25, 0.3) is 0 Å². The number of amides is 1. The third-order valence-corrected chi connectivity index (χ3v) is 4.39. The van der Waals surface area contributed by atoms with E-state index in [2.05, 4.69) is 5.32 Å². The number of hydrogen-bond acceptors (Lipinski definition) is 4. The number of carbonyl (C=O) groups is 1. The van der Waals surface area contributed by atoms with Gasteiger partial charge in [-0.05, 0) is 48.4 Å². The minimum Gasteiger partial charge on any atom is -0.497 e. The minimum absolute atomic E-state index is 0.0847. The monoisotopic (exact) mass is 330 g/mol. The second-order valence-electron chi connectivity index (χ2n) is 5.12. The molecule has 0 radical (unpaired) electrons. The van der Waals surface area contributed by atoms with Crippen molar-refractivity contribution in [2.75, 3.05) is 25.1 Å². The molecule has 0 aliphatic rings. The molecule has 0 aliphatic carbocycles. The van der Waals surface area contributed by atoms with Crippen molar-refractivity contribution in [3.8, 4) is 5.75 Å². The average molecular weight is 330 g/mol. The van der Waals surface area contributed by atoms with Gasteiger partial charge in [-0.15, -0.1) is 11.8 Å². The zero-order chi connectivity index (χ0) is 16.5. The number of thioether (sulfide) groups is 1. The highest BCUT2D eigenvalue weighted by atomic mass is 32.2. The lowest BCUT2D eigenvalue weighted by Crippen LogP contribution is -2.25. The number of carbonyl (C=O) groups excluding carboxylic acids is 1. The molecule has 0 saturated carbocycles. The van der Waals surface area contributed by atoms with Gasteiger partial charge in [0.2, 0.25) is 5.91 Å². The first kappa shape index (κ1) is 17.2. The number of anilines is 1. The minimum atomic E-state index is 0.0847. The number of nitrogens with one attached hydrogen (secondary N) is 1. The SMILES string of the molecule is COc1ccc(SCCC(=O)NCCc2ccc(N)cc2)cc1. The summed E-state index contributed by atoms with van der Waals surface area (Å²) in [5, 5.41) is 2.95. The third-order valence-electron chi connectivity index (χ3n) is 3.37. The molecule has 0 aliphatic heterocycles. The standard InChI is InChI=1S/C18H22N2O2S/c1-22-16-6-8-17(9-7-16)23-13-11-18(21)20-12-10-14-2-4-15(19)5-3-14/h2-9H,10-13,19H2,1H3,(H,20,21). The Morgan fingerprint density at radius 1 is 1.13 bits per heavy atom. The van der Waals surface area contributed by atoms with E-state index in [-0.39, 0.29) is 5.91 Å². The third kappa shape index (κ3) is 6.24. The Hall–Kier alpha value is -2.14. The van der Waals surface area contributed by atoms with E-state index in [0.29, 0.717) is 13.0 Å². The van der Waals surface area contributed by atoms with Crippen LogP contribution in [0.5, 0.6) is 5.75 Å². The van der Waals surface area contributed by atoms with Gasteiger partial charge < -0.3 is 15.8 Å². The van der Waals surface area contributed by atoms with Crippen molar-refractivity contribution in [2.45, 2.75) is 17.7 Å². The van der Waals surface area contributed by atoms with E-state index in [1.807, 2.05) is 48.5 Å². The number of rotatable bonds is 8. The maximum atomic E-state index is 11.8. The van der Waals surface area contributed by atoms with Gasteiger partial charge in [0.1, 0.15) is 5.75 Å². The smallest absolute Gasteiger partial charge is 0.220 e. The van der Waals surface area contributed by atoms with Crippen LogP contribution >= 0.6 is 11.8 Å². The molecule has 0 unspecified atom stereocenters. The van der Waals surface area contributed by atoms with Crippen LogP contribution in [-0.4, -0.2) is 25.3 Å². The lowest BCUT2D eigenvalue weighted by atomic mass is 10.1. The van der Waals surface area contributed by atoms with E-state index in [1.165, 1.54) is 5.56 Å². The molecule has 0 aromatic heterocycles. The van der Waals surface area contributed by atoms with E-state index < -0.39 is 0 Å². The first-order chi connectivity index (χ1) is 11.2. The summed E-state index contributed by atoms with van der Waals surface area (Å²) in [6, 6.07) is 15.6. The van der Waals surface area contributed by atoms with Crippen molar-refractivity contribution >= 4 is 23.4 Å². The van der Waals surface area contributed by atoms with Crippen LogP contribution in [-0.2, 0) is 11.2 Å². The maximum Gasteiger partial charge on any atom is 0.220 e. The summed E-state index contributed by atoms with van der Waals surface area (Å²) in [5.74, 6) is 1.69. The molecule has 5 heteroatoms. The van der Waals surface area contributed by atoms with Crippen LogP contribution < -0.4 is 15.8 Å². The number of hydrogen-bond donors (Lipinski definition) is 2. The highest BCUT2D eigenvalue weighted by Gasteiger charge is 2.02. The number of ether oxygens (including phenoxy) is 1. The molecule has 0 bridgehead atoms. The van der Waals surface area contributed by atoms with E-state index in [9.17, 15) is 4.79 Å². The molecule has 2 rings (SSSR count). The zero-order valence-electron chi connectivity index (χ0n) is 13.2. The first-order valence-electron chi connectivity index (χ1n) is 7.55. The van der Waals surface area contributed by atoms with Gasteiger partial charge >= 0.3 is 0 Å². The summed E-state index contributed by atoms with van der Waals surface area (Å²) in [7, 11) is 1.65. The van der Waals surface area contributed by atoms with Crippen molar-refractivity contribution < 1.29 is 9.53 Å². The Bertz CT molecular complexity index is 612.